The van der Waals surface area contributed by atoms with E-state index in [1.165, 1.54) is 0 Å². The molecular formula is C12H18ClNO2S. The van der Waals surface area contributed by atoms with Gasteiger partial charge in [0.1, 0.15) is 0 Å². The first-order valence-electron chi connectivity index (χ1n) is 5.37. The van der Waals surface area contributed by atoms with E-state index in [1.807, 2.05) is 20.8 Å². The van der Waals surface area contributed by atoms with Crippen LogP contribution in [0.2, 0.25) is 5.02 Å². The molecule has 1 unspecified atom stereocenters. The number of hydrogen-bond acceptors (Lipinski definition) is 3. The van der Waals surface area contributed by atoms with E-state index in [0.29, 0.717) is 28.0 Å². The molecule has 96 valence electrons. The molecule has 1 atom stereocenters. The van der Waals surface area contributed by atoms with Gasteiger partial charge in [0.05, 0.1) is 39.5 Å². The topological polar surface area (TPSA) is 52.3 Å². The summed E-state index contributed by atoms with van der Waals surface area (Å²) >= 11 is 5.87. The summed E-state index contributed by atoms with van der Waals surface area (Å²) in [6.07, 6.45) is 0. The Morgan fingerprint density at radius 3 is 2.59 bits per heavy atom. The van der Waals surface area contributed by atoms with Crippen LogP contribution in [0.15, 0.2) is 23.1 Å². The van der Waals surface area contributed by atoms with Crippen molar-refractivity contribution in [3.63, 3.8) is 0 Å². The third kappa shape index (κ3) is 5.06. The second kappa shape index (κ2) is 5.85. The Bertz CT molecular complexity index is 415. The molecule has 0 fully saturated rings. The predicted octanol–water partition coefficient (Wildman–Crippen LogP) is 2.84. The molecule has 1 aromatic rings. The van der Waals surface area contributed by atoms with Crippen molar-refractivity contribution in [2.45, 2.75) is 31.3 Å². The fourth-order valence-electron chi connectivity index (χ4n) is 1.19. The first-order chi connectivity index (χ1) is 7.79. The van der Waals surface area contributed by atoms with Crippen molar-refractivity contribution in [3.05, 3.63) is 23.2 Å². The SMILES string of the molecule is CC(C)(C)OCCS(=O)c1ccc(N)c(Cl)c1. The lowest BCUT2D eigenvalue weighted by Crippen LogP contribution is -2.22. The van der Waals surface area contributed by atoms with Crippen LogP contribution in [0.4, 0.5) is 5.69 Å². The van der Waals surface area contributed by atoms with E-state index < -0.39 is 10.8 Å². The summed E-state index contributed by atoms with van der Waals surface area (Å²) in [6, 6.07) is 5.04. The predicted molar refractivity (Wildman–Crippen MR) is 72.8 cm³/mol. The molecule has 0 aliphatic carbocycles. The van der Waals surface area contributed by atoms with Gasteiger partial charge in [0.15, 0.2) is 0 Å². The fraction of sp³-hybridized carbons (Fsp3) is 0.500. The van der Waals surface area contributed by atoms with E-state index in [1.54, 1.807) is 18.2 Å². The standard InChI is InChI=1S/C12H18ClNO2S/c1-12(2,3)16-6-7-17(15)9-4-5-11(14)10(13)8-9/h4-5,8H,6-7,14H2,1-3H3. The van der Waals surface area contributed by atoms with Crippen LogP contribution in [0.3, 0.4) is 0 Å². The molecule has 0 aliphatic rings. The van der Waals surface area contributed by atoms with Crippen molar-refractivity contribution in [3.8, 4) is 0 Å². The van der Waals surface area contributed by atoms with E-state index >= 15 is 0 Å². The maximum absolute atomic E-state index is 11.9. The average Bonchev–Trinajstić information content (AvgIpc) is 2.20. The molecular weight excluding hydrogens is 258 g/mol. The third-order valence-corrected chi connectivity index (χ3v) is 3.68. The van der Waals surface area contributed by atoms with Crippen molar-refractivity contribution in [2.75, 3.05) is 18.1 Å². The Balaban J connectivity index is 2.56. The highest BCUT2D eigenvalue weighted by atomic mass is 35.5. The van der Waals surface area contributed by atoms with Crippen LogP contribution in [0, 0.1) is 0 Å². The van der Waals surface area contributed by atoms with Gasteiger partial charge in [-0.05, 0) is 39.0 Å². The molecule has 2 N–H and O–H groups in total. The van der Waals surface area contributed by atoms with Gasteiger partial charge in [0.25, 0.3) is 0 Å². The van der Waals surface area contributed by atoms with E-state index in [9.17, 15) is 4.21 Å². The summed E-state index contributed by atoms with van der Waals surface area (Å²) < 4.78 is 17.5. The van der Waals surface area contributed by atoms with Crippen molar-refractivity contribution in [1.29, 1.82) is 0 Å². The minimum absolute atomic E-state index is 0.205. The number of hydrogen-bond donors (Lipinski definition) is 1. The number of ether oxygens (including phenoxy) is 1. The monoisotopic (exact) mass is 275 g/mol. The second-order valence-electron chi connectivity index (χ2n) is 4.69. The molecule has 0 amide bonds. The molecule has 0 spiro atoms. The number of nitrogens with two attached hydrogens (primary N) is 1. The maximum Gasteiger partial charge on any atom is 0.0647 e. The van der Waals surface area contributed by atoms with Gasteiger partial charge in [-0.3, -0.25) is 4.21 Å². The second-order valence-corrected chi connectivity index (χ2v) is 6.67. The minimum atomic E-state index is -1.10. The van der Waals surface area contributed by atoms with Crippen molar-refractivity contribution in [1.82, 2.24) is 0 Å². The smallest absolute Gasteiger partial charge is 0.0647 e. The van der Waals surface area contributed by atoms with Gasteiger partial charge in [-0.2, -0.15) is 0 Å². The molecule has 3 nitrogen and oxygen atoms in total. The molecule has 17 heavy (non-hydrogen) atoms. The lowest BCUT2D eigenvalue weighted by atomic mass is 10.2. The van der Waals surface area contributed by atoms with Gasteiger partial charge >= 0.3 is 0 Å². The van der Waals surface area contributed by atoms with Gasteiger partial charge in [0.2, 0.25) is 0 Å². The summed E-state index contributed by atoms with van der Waals surface area (Å²) in [5.74, 6) is 0.456. The highest BCUT2D eigenvalue weighted by Gasteiger charge is 2.12. The van der Waals surface area contributed by atoms with E-state index in [4.69, 9.17) is 22.1 Å². The Morgan fingerprint density at radius 1 is 1.41 bits per heavy atom. The summed E-state index contributed by atoms with van der Waals surface area (Å²) in [7, 11) is -1.10. The van der Waals surface area contributed by atoms with Gasteiger partial charge in [-0.25, -0.2) is 0 Å². The summed E-state index contributed by atoms with van der Waals surface area (Å²) in [6.45, 7) is 6.36. The first-order valence-corrected chi connectivity index (χ1v) is 7.06. The van der Waals surface area contributed by atoms with E-state index in [-0.39, 0.29) is 5.60 Å². The molecule has 0 saturated heterocycles. The number of nitrogen functional groups attached to an aromatic ring is 1. The molecule has 0 radical (unpaired) electrons. The van der Waals surface area contributed by atoms with Gasteiger partial charge < -0.3 is 10.5 Å². The van der Waals surface area contributed by atoms with Crippen LogP contribution < -0.4 is 5.73 Å². The molecule has 0 saturated carbocycles. The Hall–Kier alpha value is -0.580. The summed E-state index contributed by atoms with van der Waals surface area (Å²) in [4.78, 5) is 0.682. The molecule has 0 aliphatic heterocycles. The van der Waals surface area contributed by atoms with E-state index in [0.717, 1.165) is 0 Å². The zero-order chi connectivity index (χ0) is 13.1. The van der Waals surface area contributed by atoms with Gasteiger partial charge in [0, 0.05) is 4.90 Å². The lowest BCUT2D eigenvalue weighted by Gasteiger charge is -2.19. The number of rotatable bonds is 4. The van der Waals surface area contributed by atoms with Crippen LogP contribution in [-0.4, -0.2) is 22.2 Å². The van der Waals surface area contributed by atoms with Crippen LogP contribution in [0.25, 0.3) is 0 Å². The highest BCUT2D eigenvalue weighted by molar-refractivity contribution is 7.85. The van der Waals surface area contributed by atoms with Crippen molar-refractivity contribution in [2.24, 2.45) is 0 Å². The summed E-state index contributed by atoms with van der Waals surface area (Å²) in [5, 5.41) is 0.438. The largest absolute Gasteiger partial charge is 0.398 e. The average molecular weight is 276 g/mol. The molecule has 1 aromatic carbocycles. The zero-order valence-electron chi connectivity index (χ0n) is 10.3. The van der Waals surface area contributed by atoms with Crippen LogP contribution in [-0.2, 0) is 15.5 Å². The van der Waals surface area contributed by atoms with Crippen molar-refractivity contribution >= 4 is 28.1 Å². The van der Waals surface area contributed by atoms with Gasteiger partial charge in [-0.1, -0.05) is 11.6 Å². The Labute approximate surface area is 110 Å². The molecule has 1 rings (SSSR count). The highest BCUT2D eigenvalue weighted by Crippen LogP contribution is 2.21. The van der Waals surface area contributed by atoms with E-state index in [2.05, 4.69) is 0 Å². The molecule has 0 aromatic heterocycles. The molecule has 0 bridgehead atoms. The zero-order valence-corrected chi connectivity index (χ0v) is 11.9. The number of anilines is 1. The number of halogens is 1. The number of benzene rings is 1. The third-order valence-electron chi connectivity index (χ3n) is 2.04. The van der Waals surface area contributed by atoms with Crippen LogP contribution in [0.5, 0.6) is 0 Å². The Kier molecular flexibility index (Phi) is 4.98. The summed E-state index contributed by atoms with van der Waals surface area (Å²) in [5.41, 5.74) is 5.88. The quantitative estimate of drug-likeness (QED) is 0.860. The lowest BCUT2D eigenvalue weighted by molar-refractivity contribution is 0.00669. The van der Waals surface area contributed by atoms with Gasteiger partial charge in [-0.15, -0.1) is 0 Å². The molecule has 0 heterocycles. The normalized spacial score (nSPS) is 13.6. The maximum atomic E-state index is 11.9. The first kappa shape index (κ1) is 14.5. The fourth-order valence-corrected chi connectivity index (χ4v) is 2.38. The minimum Gasteiger partial charge on any atom is -0.398 e. The molecule has 5 heteroatoms. The van der Waals surface area contributed by atoms with Crippen LogP contribution in [0.1, 0.15) is 20.8 Å². The Morgan fingerprint density at radius 2 is 2.06 bits per heavy atom. The van der Waals surface area contributed by atoms with Crippen molar-refractivity contribution < 1.29 is 8.95 Å². The van der Waals surface area contributed by atoms with Crippen LogP contribution >= 0.6 is 11.6 Å².